The Balaban J connectivity index is 1.77. The lowest BCUT2D eigenvalue weighted by Crippen LogP contribution is -2.15. The molecule has 0 aromatic heterocycles. The van der Waals surface area contributed by atoms with Crippen LogP contribution in [0.25, 0.3) is 11.1 Å². The fraction of sp³-hybridized carbons (Fsp3) is 0.500. The molecule has 156 valence electrons. The van der Waals surface area contributed by atoms with Crippen molar-refractivity contribution in [3.63, 3.8) is 0 Å². The van der Waals surface area contributed by atoms with E-state index in [4.69, 9.17) is 0 Å². The van der Waals surface area contributed by atoms with Crippen LogP contribution in [0.5, 0.6) is 0 Å². The van der Waals surface area contributed by atoms with E-state index >= 15 is 0 Å². The van der Waals surface area contributed by atoms with Crippen LogP contribution in [0.4, 0.5) is 0 Å². The Morgan fingerprint density at radius 1 is 0.800 bits per heavy atom. The lowest BCUT2D eigenvalue weighted by molar-refractivity contribution is 0.302. The Morgan fingerprint density at radius 2 is 1.50 bits per heavy atom. The predicted octanol–water partition coefficient (Wildman–Crippen LogP) is 7.90. The maximum atomic E-state index is 9.93. The van der Waals surface area contributed by atoms with Crippen molar-refractivity contribution in [1.82, 2.24) is 0 Å². The van der Waals surface area contributed by atoms with E-state index in [1.54, 1.807) is 0 Å². The van der Waals surface area contributed by atoms with Gasteiger partial charge < -0.3 is 0 Å². The Kier molecular flexibility index (Phi) is 8.10. The van der Waals surface area contributed by atoms with Gasteiger partial charge >= 0.3 is 0 Å². The van der Waals surface area contributed by atoms with Crippen molar-refractivity contribution in [3.05, 3.63) is 58.7 Å². The molecular weight excluding hydrogens is 364 g/mol. The zero-order valence-electron chi connectivity index (χ0n) is 18.6. The van der Waals surface area contributed by atoms with E-state index in [0.29, 0.717) is 17.0 Å². The summed E-state index contributed by atoms with van der Waals surface area (Å²) in [6.45, 7) is 4.40. The van der Waals surface area contributed by atoms with Gasteiger partial charge in [-0.15, -0.1) is 0 Å². The van der Waals surface area contributed by atoms with E-state index in [2.05, 4.69) is 62.4 Å². The maximum Gasteiger partial charge on any atom is 0.101 e. The van der Waals surface area contributed by atoms with Crippen molar-refractivity contribution in [2.24, 2.45) is 5.92 Å². The van der Waals surface area contributed by atoms with Crippen LogP contribution in [0.1, 0.15) is 99.8 Å². The van der Waals surface area contributed by atoms with Crippen LogP contribution < -0.4 is 0 Å². The maximum absolute atomic E-state index is 9.93. The highest BCUT2D eigenvalue weighted by molar-refractivity contribution is 5.75. The third-order valence-corrected chi connectivity index (χ3v) is 6.89. The van der Waals surface area contributed by atoms with Crippen LogP contribution in [0.2, 0.25) is 0 Å². The smallest absolute Gasteiger partial charge is 0.101 e. The third kappa shape index (κ3) is 5.12. The van der Waals surface area contributed by atoms with Gasteiger partial charge in [-0.1, -0.05) is 82.3 Å². The molecule has 1 saturated carbocycles. The van der Waals surface area contributed by atoms with Crippen molar-refractivity contribution in [1.29, 1.82) is 10.5 Å². The van der Waals surface area contributed by atoms with Crippen molar-refractivity contribution in [2.75, 3.05) is 0 Å². The van der Waals surface area contributed by atoms with Crippen molar-refractivity contribution in [2.45, 2.75) is 84.0 Å². The monoisotopic (exact) mass is 398 g/mol. The number of rotatable bonds is 8. The Bertz CT molecular complexity index is 903. The molecule has 2 heteroatoms. The Morgan fingerprint density at radius 3 is 2.10 bits per heavy atom. The minimum atomic E-state index is 0.412. The molecule has 0 atom stereocenters. The van der Waals surface area contributed by atoms with Gasteiger partial charge in [0.25, 0.3) is 0 Å². The highest BCUT2D eigenvalue weighted by atomic mass is 14.3. The molecule has 0 bridgehead atoms. The van der Waals surface area contributed by atoms with Gasteiger partial charge in [-0.2, -0.15) is 10.5 Å². The minimum Gasteiger partial charge on any atom is -0.192 e. The van der Waals surface area contributed by atoms with Crippen LogP contribution in [0.15, 0.2) is 36.4 Å². The van der Waals surface area contributed by atoms with Gasteiger partial charge in [-0.05, 0) is 60.6 Å². The van der Waals surface area contributed by atoms with Crippen LogP contribution in [-0.4, -0.2) is 0 Å². The zero-order valence-corrected chi connectivity index (χ0v) is 18.6. The summed E-state index contributed by atoms with van der Waals surface area (Å²) >= 11 is 0. The SMILES string of the molecule is CCCCCC[C@H]1CC[C@H](c2ccc(-c3ccc(CC)cc3)c(C#N)c2C#N)CC1. The molecule has 2 aromatic rings. The van der Waals surface area contributed by atoms with Gasteiger partial charge in [0.2, 0.25) is 0 Å². The summed E-state index contributed by atoms with van der Waals surface area (Å²) in [6, 6.07) is 17.3. The summed E-state index contributed by atoms with van der Waals surface area (Å²) in [4.78, 5) is 0. The first-order valence-electron chi connectivity index (χ1n) is 11.8. The van der Waals surface area contributed by atoms with Gasteiger partial charge in [-0.25, -0.2) is 0 Å². The first-order chi connectivity index (χ1) is 14.7. The molecule has 0 amide bonds. The summed E-state index contributed by atoms with van der Waals surface area (Å²) in [7, 11) is 0. The highest BCUT2D eigenvalue weighted by Crippen LogP contribution is 2.41. The largest absolute Gasteiger partial charge is 0.192 e. The average Bonchev–Trinajstić information content (AvgIpc) is 2.81. The second kappa shape index (κ2) is 11.0. The lowest BCUT2D eigenvalue weighted by atomic mass is 9.75. The molecule has 0 heterocycles. The summed E-state index contributed by atoms with van der Waals surface area (Å²) in [5.41, 5.74) is 5.41. The molecule has 1 fully saturated rings. The van der Waals surface area contributed by atoms with E-state index in [9.17, 15) is 10.5 Å². The van der Waals surface area contributed by atoms with E-state index in [1.165, 1.54) is 50.5 Å². The Hall–Kier alpha value is -2.58. The van der Waals surface area contributed by atoms with Crippen LogP contribution in [0, 0.1) is 28.6 Å². The molecule has 0 N–H and O–H groups in total. The van der Waals surface area contributed by atoms with E-state index in [0.717, 1.165) is 41.9 Å². The van der Waals surface area contributed by atoms with Gasteiger partial charge in [0.05, 0.1) is 11.1 Å². The first-order valence-corrected chi connectivity index (χ1v) is 11.8. The van der Waals surface area contributed by atoms with Gasteiger partial charge in [-0.3, -0.25) is 0 Å². The number of nitriles is 2. The molecule has 0 saturated heterocycles. The first kappa shape index (κ1) is 22.1. The number of hydrogen-bond acceptors (Lipinski definition) is 2. The van der Waals surface area contributed by atoms with Gasteiger partial charge in [0.15, 0.2) is 0 Å². The minimum absolute atomic E-state index is 0.412. The second-order valence-electron chi connectivity index (χ2n) is 8.79. The summed E-state index contributed by atoms with van der Waals surface area (Å²) < 4.78 is 0. The number of aryl methyl sites for hydroxylation is 1. The molecule has 2 aromatic carbocycles. The van der Waals surface area contributed by atoms with Gasteiger partial charge in [0, 0.05) is 5.56 Å². The quantitative estimate of drug-likeness (QED) is 0.424. The lowest BCUT2D eigenvalue weighted by Gasteiger charge is -2.29. The molecule has 0 spiro atoms. The molecule has 1 aliphatic carbocycles. The molecule has 2 nitrogen and oxygen atoms in total. The second-order valence-corrected chi connectivity index (χ2v) is 8.79. The summed E-state index contributed by atoms with van der Waals surface area (Å²) in [5.74, 6) is 1.26. The van der Waals surface area contributed by atoms with E-state index in [-0.39, 0.29) is 0 Å². The number of benzene rings is 2. The van der Waals surface area contributed by atoms with Crippen LogP contribution in [-0.2, 0) is 6.42 Å². The van der Waals surface area contributed by atoms with Crippen molar-refractivity contribution >= 4 is 0 Å². The van der Waals surface area contributed by atoms with Crippen LogP contribution >= 0.6 is 0 Å². The zero-order chi connectivity index (χ0) is 21.3. The van der Waals surface area contributed by atoms with Crippen LogP contribution in [0.3, 0.4) is 0 Å². The van der Waals surface area contributed by atoms with E-state index in [1.807, 2.05) is 0 Å². The van der Waals surface area contributed by atoms with Gasteiger partial charge in [0.1, 0.15) is 12.1 Å². The number of nitrogens with zero attached hydrogens (tertiary/aromatic N) is 2. The Labute approximate surface area is 182 Å². The standard InChI is InChI=1S/C28H34N2/c1-3-5-6-7-8-22-11-15-24(16-12-22)26-18-17-25(27(19-29)28(26)20-30)23-13-9-21(4-2)10-14-23/h9-10,13-14,17-18,22,24H,3-8,11-12,15-16H2,1-2H3/t22-,24-. The fourth-order valence-electron chi connectivity index (χ4n) is 4.98. The van der Waals surface area contributed by atoms with Crippen molar-refractivity contribution in [3.8, 4) is 23.3 Å². The molecular formula is C28H34N2. The molecule has 1 aliphatic rings. The van der Waals surface area contributed by atoms with E-state index < -0.39 is 0 Å². The number of hydrogen-bond donors (Lipinski definition) is 0. The molecule has 0 radical (unpaired) electrons. The third-order valence-electron chi connectivity index (χ3n) is 6.89. The average molecular weight is 399 g/mol. The highest BCUT2D eigenvalue weighted by Gasteiger charge is 2.26. The summed E-state index contributed by atoms with van der Waals surface area (Å²) in [5, 5.41) is 19.8. The number of unbranched alkanes of at least 4 members (excludes halogenated alkanes) is 3. The summed E-state index contributed by atoms with van der Waals surface area (Å²) in [6.07, 6.45) is 12.5. The van der Waals surface area contributed by atoms with Crippen molar-refractivity contribution < 1.29 is 0 Å². The topological polar surface area (TPSA) is 47.6 Å². The molecule has 3 rings (SSSR count). The fourth-order valence-corrected chi connectivity index (χ4v) is 4.98. The predicted molar refractivity (Wildman–Crippen MR) is 124 cm³/mol. The molecule has 0 unspecified atom stereocenters. The molecule has 0 aliphatic heterocycles. The normalized spacial score (nSPS) is 18.5. The molecule has 30 heavy (non-hydrogen) atoms.